The minimum Gasteiger partial charge on any atom is -0.309 e. The molecule has 324 valence electrons. The van der Waals surface area contributed by atoms with Crippen molar-refractivity contribution in [2.24, 2.45) is 0 Å². The van der Waals surface area contributed by atoms with Crippen LogP contribution in [0.5, 0.6) is 0 Å². The number of para-hydroxylation sites is 2. The third kappa shape index (κ3) is 5.69. The van der Waals surface area contributed by atoms with Gasteiger partial charge in [0.05, 0.1) is 27.8 Å². The lowest BCUT2D eigenvalue weighted by molar-refractivity contribution is 0.955. The Morgan fingerprint density at radius 3 is 1.20 bits per heavy atom. The van der Waals surface area contributed by atoms with Gasteiger partial charge in [0.1, 0.15) is 0 Å². The minimum atomic E-state index is 0.572. The van der Waals surface area contributed by atoms with E-state index in [9.17, 15) is 0 Å². The Labute approximate surface area is 401 Å². The van der Waals surface area contributed by atoms with Crippen molar-refractivity contribution in [1.82, 2.24) is 24.1 Å². The van der Waals surface area contributed by atoms with Crippen LogP contribution in [0.15, 0.2) is 237 Å². The first-order valence-electron chi connectivity index (χ1n) is 23.9. The monoisotopic (exact) mass is 889 g/mol. The van der Waals surface area contributed by atoms with Crippen LogP contribution in [0.2, 0.25) is 0 Å². The largest absolute Gasteiger partial charge is 0.309 e. The number of fused-ring (bicyclic) bond motifs is 14. The van der Waals surface area contributed by atoms with Crippen molar-refractivity contribution in [1.29, 1.82) is 0 Å². The molecule has 5 heteroatoms. The summed E-state index contributed by atoms with van der Waals surface area (Å²) in [7, 11) is 0. The number of benzene rings is 12. The Bertz CT molecular complexity index is 4520. The molecule has 0 fully saturated rings. The number of rotatable bonds is 5. The topological polar surface area (TPSA) is 48.5 Å². The lowest BCUT2D eigenvalue weighted by Gasteiger charge is -2.16. The predicted octanol–water partition coefficient (Wildman–Crippen LogP) is 16.8. The van der Waals surface area contributed by atoms with E-state index in [2.05, 4.69) is 246 Å². The van der Waals surface area contributed by atoms with Gasteiger partial charge in [-0.2, -0.15) is 9.97 Å². The first kappa shape index (κ1) is 38.6. The van der Waals surface area contributed by atoms with E-state index in [-0.39, 0.29) is 0 Å². The summed E-state index contributed by atoms with van der Waals surface area (Å²) < 4.78 is 4.69. The smallest absolute Gasteiger partial charge is 0.238 e. The summed E-state index contributed by atoms with van der Waals surface area (Å²) in [5.41, 5.74) is 9.81. The molecule has 0 bridgehead atoms. The standard InChI is InChI=1S/C65H39N5/c1-3-20-44-40(16-1)18-13-29-53(44)63-66-64(54-30-14-19-41-17-2-4-21-45(41)54)68-65(67-63)70-58-32-12-10-26-50(58)56-39-43(35-37-60(56)70)42-34-36-59-55(38-42)49-25-9-11-31-57(49)69(59)61-33-15-28-52-48-23-6-5-22-46(48)47-24-7-8-27-51(47)62(52)61/h1-39H. The molecule has 0 spiro atoms. The van der Waals surface area contributed by atoms with Crippen molar-refractivity contribution in [3.63, 3.8) is 0 Å². The second-order valence-electron chi connectivity index (χ2n) is 18.3. The van der Waals surface area contributed by atoms with Crippen LogP contribution in [0.1, 0.15) is 0 Å². The zero-order valence-electron chi connectivity index (χ0n) is 37.8. The molecule has 0 amide bonds. The quantitative estimate of drug-likeness (QED) is 0.162. The summed E-state index contributed by atoms with van der Waals surface area (Å²) in [6, 6.07) is 85.3. The lowest BCUT2D eigenvalue weighted by Crippen LogP contribution is -2.06. The van der Waals surface area contributed by atoms with E-state index < -0.39 is 0 Å². The van der Waals surface area contributed by atoms with Gasteiger partial charge < -0.3 is 4.57 Å². The molecule has 3 heterocycles. The number of aromatic nitrogens is 5. The maximum Gasteiger partial charge on any atom is 0.238 e. The molecule has 0 aliphatic heterocycles. The molecule has 12 aromatic carbocycles. The highest BCUT2D eigenvalue weighted by Gasteiger charge is 2.22. The molecule has 15 rings (SSSR count). The number of hydrogen-bond acceptors (Lipinski definition) is 3. The fraction of sp³-hybridized carbons (Fsp3) is 0. The van der Waals surface area contributed by atoms with Gasteiger partial charge in [-0.1, -0.05) is 194 Å². The van der Waals surface area contributed by atoms with Gasteiger partial charge in [-0.25, -0.2) is 4.98 Å². The summed E-state index contributed by atoms with van der Waals surface area (Å²) in [4.78, 5) is 16.0. The van der Waals surface area contributed by atoms with Crippen LogP contribution in [0.4, 0.5) is 0 Å². The third-order valence-corrected chi connectivity index (χ3v) is 14.6. The first-order chi connectivity index (χ1) is 34.7. The molecule has 0 N–H and O–H groups in total. The van der Waals surface area contributed by atoms with Crippen LogP contribution in [-0.2, 0) is 0 Å². The van der Waals surface area contributed by atoms with Gasteiger partial charge in [0.2, 0.25) is 5.95 Å². The van der Waals surface area contributed by atoms with Crippen molar-refractivity contribution in [3.05, 3.63) is 237 Å². The fourth-order valence-corrected chi connectivity index (χ4v) is 11.4. The van der Waals surface area contributed by atoms with Crippen LogP contribution in [-0.4, -0.2) is 24.1 Å². The van der Waals surface area contributed by atoms with E-state index in [1.807, 2.05) is 0 Å². The predicted molar refractivity (Wildman–Crippen MR) is 292 cm³/mol. The van der Waals surface area contributed by atoms with Gasteiger partial charge >= 0.3 is 0 Å². The highest BCUT2D eigenvalue weighted by atomic mass is 15.2. The van der Waals surface area contributed by atoms with E-state index in [1.165, 1.54) is 59.8 Å². The van der Waals surface area contributed by atoms with E-state index in [0.717, 1.165) is 65.6 Å². The lowest BCUT2D eigenvalue weighted by atomic mass is 9.93. The zero-order valence-corrected chi connectivity index (χ0v) is 37.8. The average Bonchev–Trinajstić information content (AvgIpc) is 3.94. The summed E-state index contributed by atoms with van der Waals surface area (Å²) in [6.45, 7) is 0. The SMILES string of the molecule is c1ccc2c(-c3nc(-c4cccc5ccccc45)nc(-n4c5ccccc5c5cc(-c6ccc7c(c6)c6ccccc6n7-c6cccc7c8ccccc8c8ccccc8c67)ccc54)n3)cccc2c1. The van der Waals surface area contributed by atoms with Crippen molar-refractivity contribution in [2.75, 3.05) is 0 Å². The Hall–Kier alpha value is -9.45. The summed E-state index contributed by atoms with van der Waals surface area (Å²) in [5, 5.41) is 16.7. The molecule has 5 nitrogen and oxygen atoms in total. The normalized spacial score (nSPS) is 12.0. The molecular formula is C65H39N5. The fourth-order valence-electron chi connectivity index (χ4n) is 11.4. The van der Waals surface area contributed by atoms with E-state index in [0.29, 0.717) is 17.6 Å². The van der Waals surface area contributed by atoms with Gasteiger partial charge in [0.25, 0.3) is 0 Å². The molecule has 0 saturated heterocycles. The Morgan fingerprint density at radius 2 is 0.643 bits per heavy atom. The Kier molecular flexibility index (Phi) is 8.29. The van der Waals surface area contributed by atoms with Gasteiger partial charge in [0, 0.05) is 38.1 Å². The van der Waals surface area contributed by atoms with E-state index in [4.69, 9.17) is 15.0 Å². The molecule has 0 aliphatic rings. The zero-order chi connectivity index (χ0) is 45.9. The minimum absolute atomic E-state index is 0.572. The van der Waals surface area contributed by atoms with Crippen molar-refractivity contribution >= 4 is 97.5 Å². The summed E-state index contributed by atoms with van der Waals surface area (Å²) in [5.74, 6) is 1.83. The van der Waals surface area contributed by atoms with E-state index >= 15 is 0 Å². The van der Waals surface area contributed by atoms with E-state index in [1.54, 1.807) is 0 Å². The maximum absolute atomic E-state index is 5.36. The Balaban J connectivity index is 0.930. The first-order valence-corrected chi connectivity index (χ1v) is 23.9. The second-order valence-corrected chi connectivity index (χ2v) is 18.3. The summed E-state index contributed by atoms with van der Waals surface area (Å²) in [6.07, 6.45) is 0. The molecule has 0 aliphatic carbocycles. The second kappa shape index (κ2) is 15.0. The van der Waals surface area contributed by atoms with Crippen LogP contribution in [0.25, 0.3) is 143 Å². The third-order valence-electron chi connectivity index (χ3n) is 14.6. The molecule has 70 heavy (non-hydrogen) atoms. The van der Waals surface area contributed by atoms with Crippen molar-refractivity contribution in [3.8, 4) is 45.5 Å². The van der Waals surface area contributed by atoms with Gasteiger partial charge in [-0.15, -0.1) is 0 Å². The molecule has 0 radical (unpaired) electrons. The Morgan fingerprint density at radius 1 is 0.257 bits per heavy atom. The highest BCUT2D eigenvalue weighted by Crippen LogP contribution is 2.43. The van der Waals surface area contributed by atoms with Gasteiger partial charge in [-0.05, 0) is 102 Å². The highest BCUT2D eigenvalue weighted by molar-refractivity contribution is 6.28. The van der Waals surface area contributed by atoms with Crippen molar-refractivity contribution < 1.29 is 0 Å². The maximum atomic E-state index is 5.36. The van der Waals surface area contributed by atoms with Crippen molar-refractivity contribution in [2.45, 2.75) is 0 Å². The molecule has 0 unspecified atom stereocenters. The van der Waals surface area contributed by atoms with Crippen LogP contribution in [0, 0.1) is 0 Å². The van der Waals surface area contributed by atoms with Crippen LogP contribution >= 0.6 is 0 Å². The molecular weight excluding hydrogens is 851 g/mol. The van der Waals surface area contributed by atoms with Crippen LogP contribution in [0.3, 0.4) is 0 Å². The summed E-state index contributed by atoms with van der Waals surface area (Å²) >= 11 is 0. The average molecular weight is 890 g/mol. The van der Waals surface area contributed by atoms with Crippen LogP contribution < -0.4 is 0 Å². The number of nitrogens with zero attached hydrogens (tertiary/aromatic N) is 5. The van der Waals surface area contributed by atoms with Gasteiger partial charge in [0.15, 0.2) is 11.6 Å². The van der Waals surface area contributed by atoms with Gasteiger partial charge in [-0.3, -0.25) is 4.57 Å². The number of hydrogen-bond donors (Lipinski definition) is 0. The molecule has 15 aromatic rings. The molecule has 3 aromatic heterocycles. The molecule has 0 atom stereocenters. The molecule has 0 saturated carbocycles.